The molecule has 0 saturated heterocycles. The molecule has 2 aromatic rings. The lowest BCUT2D eigenvalue weighted by Gasteiger charge is -2.22. The van der Waals surface area contributed by atoms with Crippen molar-refractivity contribution in [3.63, 3.8) is 0 Å². The zero-order chi connectivity index (χ0) is 24.1. The lowest BCUT2D eigenvalue weighted by atomic mass is 9.87. The molecule has 1 amide bonds. The first-order chi connectivity index (χ1) is 15.5. The summed E-state index contributed by atoms with van der Waals surface area (Å²) >= 11 is 0. The number of amidine groups is 1. The standard InChI is InChI=1S/C25H34N4O3S/c1-25(2,3)19-12-14-21(15-13-19)29(4)18-24(30)27-20-9-8-10-22(17-20)33(31,32)28-23-11-6-5-7-16-26-23/h8-10,12-15,17H,5-7,11,16,18H2,1-4H3,(H,26,28)(H,27,30). The molecule has 1 heterocycles. The Morgan fingerprint density at radius 3 is 2.48 bits per heavy atom. The first kappa shape index (κ1) is 24.8. The molecule has 0 unspecified atom stereocenters. The Bertz CT molecular complexity index is 1100. The molecular formula is C25H34N4O3S. The summed E-state index contributed by atoms with van der Waals surface area (Å²) in [5.74, 6) is 0.272. The second-order valence-corrected chi connectivity index (χ2v) is 11.2. The number of benzene rings is 2. The van der Waals surface area contributed by atoms with Crippen molar-refractivity contribution >= 4 is 33.1 Å². The Hall–Kier alpha value is -2.87. The molecule has 178 valence electrons. The maximum Gasteiger partial charge on any atom is 0.262 e. The van der Waals surface area contributed by atoms with Crippen LogP contribution in [-0.2, 0) is 20.2 Å². The van der Waals surface area contributed by atoms with Crippen molar-refractivity contribution in [3.8, 4) is 0 Å². The van der Waals surface area contributed by atoms with Gasteiger partial charge >= 0.3 is 0 Å². The van der Waals surface area contributed by atoms with Gasteiger partial charge in [-0.25, -0.2) is 8.42 Å². The summed E-state index contributed by atoms with van der Waals surface area (Å²) in [4.78, 5) is 18.9. The largest absolute Gasteiger partial charge is 0.365 e. The minimum Gasteiger partial charge on any atom is -0.365 e. The summed E-state index contributed by atoms with van der Waals surface area (Å²) in [6.45, 7) is 7.26. The molecule has 1 aliphatic rings. The summed E-state index contributed by atoms with van der Waals surface area (Å²) in [5, 5.41) is 2.80. The van der Waals surface area contributed by atoms with E-state index in [2.05, 4.69) is 47.9 Å². The van der Waals surface area contributed by atoms with E-state index in [-0.39, 0.29) is 22.8 Å². The average molecular weight is 471 g/mol. The van der Waals surface area contributed by atoms with Crippen molar-refractivity contribution in [1.29, 1.82) is 0 Å². The van der Waals surface area contributed by atoms with Gasteiger partial charge in [0, 0.05) is 31.4 Å². The van der Waals surface area contributed by atoms with Crippen LogP contribution in [0.3, 0.4) is 0 Å². The van der Waals surface area contributed by atoms with E-state index in [1.807, 2.05) is 24.1 Å². The molecule has 1 aliphatic heterocycles. The molecule has 0 bridgehead atoms. The van der Waals surface area contributed by atoms with Gasteiger partial charge in [-0.2, -0.15) is 0 Å². The summed E-state index contributed by atoms with van der Waals surface area (Å²) in [5.41, 5.74) is 2.66. The lowest BCUT2D eigenvalue weighted by Crippen LogP contribution is -2.31. The molecule has 7 nitrogen and oxygen atoms in total. The third kappa shape index (κ3) is 7.05. The molecule has 0 radical (unpaired) electrons. The number of rotatable bonds is 6. The third-order valence-electron chi connectivity index (χ3n) is 5.61. The van der Waals surface area contributed by atoms with E-state index < -0.39 is 10.0 Å². The van der Waals surface area contributed by atoms with E-state index in [0.717, 1.165) is 24.9 Å². The van der Waals surface area contributed by atoms with Crippen molar-refractivity contribution in [1.82, 2.24) is 4.72 Å². The highest BCUT2D eigenvalue weighted by Gasteiger charge is 2.18. The fourth-order valence-corrected chi connectivity index (χ4v) is 4.77. The number of anilines is 2. The fraction of sp³-hybridized carbons (Fsp3) is 0.440. The molecule has 0 fully saturated rings. The number of carbonyl (C=O) groups excluding carboxylic acids is 1. The fourth-order valence-electron chi connectivity index (χ4n) is 3.64. The number of nitrogens with zero attached hydrogens (tertiary/aromatic N) is 2. The van der Waals surface area contributed by atoms with E-state index in [1.54, 1.807) is 12.1 Å². The van der Waals surface area contributed by atoms with Gasteiger partial charge in [-0.3, -0.25) is 14.5 Å². The van der Waals surface area contributed by atoms with Gasteiger partial charge in [-0.15, -0.1) is 0 Å². The summed E-state index contributed by atoms with van der Waals surface area (Å²) in [6.07, 6.45) is 3.57. The van der Waals surface area contributed by atoms with Crippen molar-refractivity contribution in [2.75, 3.05) is 30.4 Å². The molecule has 0 saturated carbocycles. The van der Waals surface area contributed by atoms with Crippen LogP contribution in [0.2, 0.25) is 0 Å². The van der Waals surface area contributed by atoms with Gasteiger partial charge in [-0.05, 0) is 54.2 Å². The van der Waals surface area contributed by atoms with Gasteiger partial charge in [0.15, 0.2) is 0 Å². The first-order valence-electron chi connectivity index (χ1n) is 11.3. The Kier molecular flexibility index (Phi) is 7.79. The van der Waals surface area contributed by atoms with Crippen LogP contribution in [0.1, 0.15) is 52.0 Å². The number of nitrogens with one attached hydrogen (secondary N) is 2. The molecular weight excluding hydrogens is 436 g/mol. The predicted octanol–water partition coefficient (Wildman–Crippen LogP) is 4.31. The Morgan fingerprint density at radius 2 is 1.79 bits per heavy atom. The lowest BCUT2D eigenvalue weighted by molar-refractivity contribution is -0.114. The molecule has 2 N–H and O–H groups in total. The Labute approximate surface area is 197 Å². The van der Waals surface area contributed by atoms with E-state index >= 15 is 0 Å². The number of likely N-dealkylation sites (N-methyl/N-ethyl adjacent to an activating group) is 1. The topological polar surface area (TPSA) is 90.9 Å². The Morgan fingerprint density at radius 1 is 1.06 bits per heavy atom. The van der Waals surface area contributed by atoms with E-state index in [9.17, 15) is 13.2 Å². The first-order valence-corrected chi connectivity index (χ1v) is 12.8. The van der Waals surface area contributed by atoms with Crippen LogP contribution >= 0.6 is 0 Å². The van der Waals surface area contributed by atoms with Gasteiger partial charge < -0.3 is 10.2 Å². The second kappa shape index (κ2) is 10.4. The van der Waals surface area contributed by atoms with Crippen LogP contribution in [0.4, 0.5) is 11.4 Å². The number of aliphatic imine (C=N–C) groups is 1. The number of amides is 1. The summed E-state index contributed by atoms with van der Waals surface area (Å²) in [7, 11) is -1.91. The monoisotopic (exact) mass is 470 g/mol. The van der Waals surface area contributed by atoms with Crippen LogP contribution in [0.5, 0.6) is 0 Å². The van der Waals surface area contributed by atoms with Gasteiger partial charge in [0.2, 0.25) is 5.91 Å². The zero-order valence-corrected chi connectivity index (χ0v) is 20.7. The van der Waals surface area contributed by atoms with Crippen molar-refractivity contribution in [3.05, 3.63) is 54.1 Å². The van der Waals surface area contributed by atoms with Gasteiger partial charge in [-0.1, -0.05) is 45.4 Å². The van der Waals surface area contributed by atoms with E-state index in [1.165, 1.54) is 17.7 Å². The summed E-state index contributed by atoms with van der Waals surface area (Å²) in [6, 6.07) is 14.4. The maximum absolute atomic E-state index is 12.8. The highest BCUT2D eigenvalue weighted by molar-refractivity contribution is 7.90. The maximum atomic E-state index is 12.8. The smallest absolute Gasteiger partial charge is 0.262 e. The van der Waals surface area contributed by atoms with Crippen LogP contribution in [0.25, 0.3) is 0 Å². The molecule has 0 atom stereocenters. The van der Waals surface area contributed by atoms with Crippen LogP contribution in [0.15, 0.2) is 58.4 Å². The summed E-state index contributed by atoms with van der Waals surface area (Å²) < 4.78 is 28.2. The van der Waals surface area contributed by atoms with Gasteiger partial charge in [0.1, 0.15) is 5.84 Å². The number of sulfonamides is 1. The van der Waals surface area contributed by atoms with Crippen LogP contribution in [0, 0.1) is 0 Å². The highest BCUT2D eigenvalue weighted by atomic mass is 32.2. The predicted molar refractivity (Wildman–Crippen MR) is 135 cm³/mol. The van der Waals surface area contributed by atoms with Crippen molar-refractivity contribution < 1.29 is 13.2 Å². The molecule has 33 heavy (non-hydrogen) atoms. The molecule has 8 heteroatoms. The second-order valence-electron chi connectivity index (χ2n) is 9.47. The number of hydrogen-bond donors (Lipinski definition) is 2. The molecule has 2 aromatic carbocycles. The highest BCUT2D eigenvalue weighted by Crippen LogP contribution is 2.24. The minimum atomic E-state index is -3.76. The number of carbonyl (C=O) groups is 1. The zero-order valence-electron chi connectivity index (χ0n) is 19.9. The SMILES string of the molecule is CN(CC(=O)Nc1cccc(S(=O)(=O)NC2=NCCCCC2)c1)c1ccc(C(C)(C)C)cc1. The Balaban J connectivity index is 1.63. The van der Waals surface area contributed by atoms with Crippen LogP contribution in [-0.4, -0.2) is 40.3 Å². The van der Waals surface area contributed by atoms with E-state index in [4.69, 9.17) is 0 Å². The minimum absolute atomic E-state index is 0.0670. The normalized spacial score (nSPS) is 14.7. The average Bonchev–Trinajstić information content (AvgIpc) is 3.01. The molecule has 0 spiro atoms. The van der Waals surface area contributed by atoms with E-state index in [0.29, 0.717) is 24.5 Å². The third-order valence-corrected chi connectivity index (χ3v) is 6.99. The molecule has 3 rings (SSSR count). The van der Waals surface area contributed by atoms with Crippen molar-refractivity contribution in [2.24, 2.45) is 4.99 Å². The number of hydrogen-bond acceptors (Lipinski definition) is 5. The quantitative estimate of drug-likeness (QED) is 0.658. The van der Waals surface area contributed by atoms with Gasteiger partial charge in [0.25, 0.3) is 10.0 Å². The van der Waals surface area contributed by atoms with Crippen LogP contribution < -0.4 is 14.9 Å². The molecule has 0 aromatic heterocycles. The molecule has 0 aliphatic carbocycles. The van der Waals surface area contributed by atoms with Crippen molar-refractivity contribution in [2.45, 2.75) is 56.8 Å². The van der Waals surface area contributed by atoms with Gasteiger partial charge in [0.05, 0.1) is 11.4 Å².